The molecule has 28 heavy (non-hydrogen) atoms. The number of nitrogens with zero attached hydrogens (tertiary/aromatic N) is 3. The van der Waals surface area contributed by atoms with Gasteiger partial charge in [-0.1, -0.05) is 17.7 Å². The smallest absolute Gasteiger partial charge is 0.274 e. The van der Waals surface area contributed by atoms with Gasteiger partial charge < -0.3 is 20.1 Å². The first-order valence-corrected chi connectivity index (χ1v) is 9.35. The van der Waals surface area contributed by atoms with E-state index in [1.807, 2.05) is 26.0 Å². The number of nitrogens with one attached hydrogen (secondary N) is 1. The molecule has 2 amide bonds. The van der Waals surface area contributed by atoms with E-state index in [2.05, 4.69) is 16.5 Å². The summed E-state index contributed by atoms with van der Waals surface area (Å²) in [5, 5.41) is 16.6. The zero-order chi connectivity index (χ0) is 20.3. The third-order valence-electron chi connectivity index (χ3n) is 4.69. The lowest BCUT2D eigenvalue weighted by atomic mass is 10.1. The number of amides is 2. The van der Waals surface area contributed by atoms with Crippen molar-refractivity contribution in [1.29, 1.82) is 0 Å². The Kier molecular flexibility index (Phi) is 5.99. The fourth-order valence-corrected chi connectivity index (χ4v) is 3.15. The van der Waals surface area contributed by atoms with Crippen LogP contribution in [0.25, 0.3) is 0 Å². The fraction of sp³-hybridized carbons (Fsp3) is 0.450. The van der Waals surface area contributed by atoms with Crippen molar-refractivity contribution in [2.45, 2.75) is 32.9 Å². The van der Waals surface area contributed by atoms with Crippen molar-refractivity contribution in [1.82, 2.24) is 20.0 Å². The summed E-state index contributed by atoms with van der Waals surface area (Å²) in [4.78, 5) is 26.2. The Bertz CT molecular complexity index is 877. The van der Waals surface area contributed by atoms with Gasteiger partial charge in [0.2, 0.25) is 0 Å². The number of carbonyl (C=O) groups is 2. The van der Waals surface area contributed by atoms with E-state index in [4.69, 9.17) is 4.74 Å². The molecule has 1 aromatic carbocycles. The van der Waals surface area contributed by atoms with Crippen LogP contribution in [0.3, 0.4) is 0 Å². The van der Waals surface area contributed by atoms with Crippen LogP contribution in [0.2, 0.25) is 0 Å². The molecule has 0 saturated heterocycles. The quantitative estimate of drug-likeness (QED) is 0.726. The van der Waals surface area contributed by atoms with Crippen LogP contribution >= 0.6 is 0 Å². The second kappa shape index (κ2) is 8.43. The van der Waals surface area contributed by atoms with Crippen LogP contribution in [0.4, 0.5) is 0 Å². The zero-order valence-corrected chi connectivity index (χ0v) is 16.4. The maximum atomic E-state index is 12.6. The van der Waals surface area contributed by atoms with E-state index in [9.17, 15) is 14.7 Å². The standard InChI is InChI=1S/C20H26N4O4/c1-13-5-6-18(14(2)9-13)28-8-4-7-23(3)20(27)16-10-17-19(26)21-11-15(25)12-24(17)22-16/h5-6,9-10,15,25H,4,7-8,11-12H2,1-3H3,(H,21,26)/t15-/m1/s1. The second-order valence-electron chi connectivity index (χ2n) is 7.16. The number of β-amino-alcohol motifs (C(OH)–C–C–N with tert-alkyl or cyclic N) is 1. The Morgan fingerprint density at radius 3 is 2.93 bits per heavy atom. The van der Waals surface area contributed by atoms with E-state index in [0.29, 0.717) is 19.6 Å². The third kappa shape index (κ3) is 4.51. The summed E-state index contributed by atoms with van der Waals surface area (Å²) < 4.78 is 7.18. The number of aryl methyl sites for hydroxylation is 2. The van der Waals surface area contributed by atoms with Crippen molar-refractivity contribution >= 4 is 11.8 Å². The van der Waals surface area contributed by atoms with Gasteiger partial charge in [-0.15, -0.1) is 0 Å². The summed E-state index contributed by atoms with van der Waals surface area (Å²) >= 11 is 0. The number of hydrogen-bond acceptors (Lipinski definition) is 5. The van der Waals surface area contributed by atoms with Crippen LogP contribution in [0.15, 0.2) is 24.3 Å². The van der Waals surface area contributed by atoms with Gasteiger partial charge in [0, 0.05) is 26.2 Å². The highest BCUT2D eigenvalue weighted by atomic mass is 16.5. The zero-order valence-electron chi connectivity index (χ0n) is 16.4. The molecular weight excluding hydrogens is 360 g/mol. The van der Waals surface area contributed by atoms with Gasteiger partial charge in [0.25, 0.3) is 11.8 Å². The van der Waals surface area contributed by atoms with Gasteiger partial charge in [0.1, 0.15) is 11.4 Å². The first-order chi connectivity index (χ1) is 13.3. The highest BCUT2D eigenvalue weighted by molar-refractivity contribution is 5.98. The predicted molar refractivity (Wildman–Crippen MR) is 104 cm³/mol. The Labute approximate surface area is 164 Å². The molecular formula is C20H26N4O4. The largest absolute Gasteiger partial charge is 0.493 e. The number of rotatable bonds is 6. The van der Waals surface area contributed by atoms with Crippen LogP contribution in [0, 0.1) is 13.8 Å². The molecule has 0 saturated carbocycles. The average Bonchev–Trinajstić information content (AvgIpc) is 3.02. The maximum Gasteiger partial charge on any atom is 0.274 e. The molecule has 0 bridgehead atoms. The Hall–Kier alpha value is -2.87. The number of aromatic nitrogens is 2. The van der Waals surface area contributed by atoms with Crippen LogP contribution in [0.1, 0.15) is 38.5 Å². The third-order valence-corrected chi connectivity index (χ3v) is 4.69. The van der Waals surface area contributed by atoms with E-state index in [-0.39, 0.29) is 36.3 Å². The van der Waals surface area contributed by atoms with Crippen molar-refractivity contribution in [2.24, 2.45) is 0 Å². The molecule has 1 atom stereocenters. The van der Waals surface area contributed by atoms with E-state index >= 15 is 0 Å². The number of hydrogen-bond donors (Lipinski definition) is 2. The molecule has 0 aliphatic carbocycles. The van der Waals surface area contributed by atoms with Crippen molar-refractivity contribution < 1.29 is 19.4 Å². The van der Waals surface area contributed by atoms with Gasteiger partial charge in [-0.05, 0) is 31.9 Å². The average molecular weight is 386 g/mol. The fourth-order valence-electron chi connectivity index (χ4n) is 3.15. The van der Waals surface area contributed by atoms with E-state index in [1.165, 1.54) is 16.3 Å². The first-order valence-electron chi connectivity index (χ1n) is 9.35. The van der Waals surface area contributed by atoms with Crippen molar-refractivity contribution in [3.8, 4) is 5.75 Å². The number of ether oxygens (including phenoxy) is 1. The van der Waals surface area contributed by atoms with Gasteiger partial charge in [-0.2, -0.15) is 5.10 Å². The van der Waals surface area contributed by atoms with E-state index in [0.717, 1.165) is 11.3 Å². The lowest BCUT2D eigenvalue weighted by molar-refractivity contribution is 0.0779. The normalized spacial score (nSPS) is 16.1. The monoisotopic (exact) mass is 386 g/mol. The second-order valence-corrected chi connectivity index (χ2v) is 7.16. The van der Waals surface area contributed by atoms with E-state index < -0.39 is 6.10 Å². The minimum Gasteiger partial charge on any atom is -0.493 e. The van der Waals surface area contributed by atoms with Crippen LogP contribution in [-0.4, -0.2) is 64.4 Å². The molecule has 2 heterocycles. The Morgan fingerprint density at radius 2 is 2.18 bits per heavy atom. The summed E-state index contributed by atoms with van der Waals surface area (Å²) in [5.74, 6) is 0.240. The summed E-state index contributed by atoms with van der Waals surface area (Å²) in [6, 6.07) is 7.50. The predicted octanol–water partition coefficient (Wildman–Crippen LogP) is 1.15. The SMILES string of the molecule is Cc1ccc(OCCCN(C)C(=O)c2cc3n(n2)C[C@H](O)CNC3=O)c(C)c1. The van der Waals surface area contributed by atoms with Crippen LogP contribution < -0.4 is 10.1 Å². The highest BCUT2D eigenvalue weighted by Gasteiger charge is 2.25. The van der Waals surface area contributed by atoms with Gasteiger partial charge in [0.15, 0.2) is 5.69 Å². The summed E-state index contributed by atoms with van der Waals surface area (Å²) in [6.45, 7) is 5.39. The lowest BCUT2D eigenvalue weighted by Gasteiger charge is -2.16. The molecule has 1 aromatic heterocycles. The molecule has 2 N–H and O–H groups in total. The molecule has 0 unspecified atom stereocenters. The summed E-state index contributed by atoms with van der Waals surface area (Å²) in [7, 11) is 1.69. The number of fused-ring (bicyclic) bond motifs is 1. The van der Waals surface area contributed by atoms with E-state index in [1.54, 1.807) is 11.9 Å². The van der Waals surface area contributed by atoms with Gasteiger partial charge in [-0.25, -0.2) is 0 Å². The molecule has 0 fully saturated rings. The molecule has 0 spiro atoms. The lowest BCUT2D eigenvalue weighted by Crippen LogP contribution is -2.31. The molecule has 3 rings (SSSR count). The number of aliphatic hydroxyl groups is 1. The molecule has 8 heteroatoms. The van der Waals surface area contributed by atoms with Crippen molar-refractivity contribution in [2.75, 3.05) is 26.7 Å². The maximum absolute atomic E-state index is 12.6. The van der Waals surface area contributed by atoms with Crippen molar-refractivity contribution in [3.05, 3.63) is 46.8 Å². The number of benzene rings is 1. The molecule has 150 valence electrons. The van der Waals surface area contributed by atoms with Gasteiger partial charge in [-0.3, -0.25) is 14.3 Å². The first kappa shape index (κ1) is 19.9. The molecule has 1 aliphatic heterocycles. The number of aliphatic hydroxyl groups excluding tert-OH is 1. The van der Waals surface area contributed by atoms with Crippen LogP contribution in [-0.2, 0) is 6.54 Å². The van der Waals surface area contributed by atoms with Gasteiger partial charge in [0.05, 0.1) is 19.3 Å². The highest BCUT2D eigenvalue weighted by Crippen LogP contribution is 2.19. The van der Waals surface area contributed by atoms with Crippen LogP contribution in [0.5, 0.6) is 5.75 Å². The number of carbonyl (C=O) groups excluding carboxylic acids is 2. The minimum absolute atomic E-state index is 0.172. The summed E-state index contributed by atoms with van der Waals surface area (Å²) in [6.07, 6.45) is -0.0596. The Balaban J connectivity index is 1.54. The Morgan fingerprint density at radius 1 is 1.39 bits per heavy atom. The van der Waals surface area contributed by atoms with Gasteiger partial charge >= 0.3 is 0 Å². The molecule has 1 aliphatic rings. The summed E-state index contributed by atoms with van der Waals surface area (Å²) in [5.41, 5.74) is 2.75. The minimum atomic E-state index is -0.729. The molecule has 0 radical (unpaired) electrons. The van der Waals surface area contributed by atoms with Crippen molar-refractivity contribution in [3.63, 3.8) is 0 Å². The molecule has 2 aromatic rings. The topological polar surface area (TPSA) is 96.7 Å². The molecule has 8 nitrogen and oxygen atoms in total.